The molecular weight excluding hydrogens is 525 g/mol. The molecule has 13 heteroatoms. The molecule has 1 atom stereocenters. The monoisotopic (exact) mass is 553 g/mol. The van der Waals surface area contributed by atoms with Gasteiger partial charge in [0.2, 0.25) is 5.91 Å². The summed E-state index contributed by atoms with van der Waals surface area (Å²) in [4.78, 5) is 42.0. The number of hydrogen-bond acceptors (Lipinski definition) is 7. The van der Waals surface area contributed by atoms with Crippen molar-refractivity contribution in [3.63, 3.8) is 0 Å². The van der Waals surface area contributed by atoms with Crippen LogP contribution >= 0.6 is 23.2 Å². The lowest BCUT2D eigenvalue weighted by Gasteiger charge is -2.29. The van der Waals surface area contributed by atoms with Crippen molar-refractivity contribution >= 4 is 46.8 Å². The van der Waals surface area contributed by atoms with Gasteiger partial charge in [0.1, 0.15) is 17.5 Å². The van der Waals surface area contributed by atoms with E-state index >= 15 is 0 Å². The summed E-state index contributed by atoms with van der Waals surface area (Å²) < 4.78 is 10.5. The van der Waals surface area contributed by atoms with E-state index in [1.165, 1.54) is 32.4 Å². The Morgan fingerprint density at radius 1 is 1.05 bits per heavy atom. The number of nitrogens with zero attached hydrogens (tertiary/aromatic N) is 2. The van der Waals surface area contributed by atoms with Crippen LogP contribution in [0.5, 0.6) is 11.5 Å². The first-order chi connectivity index (χ1) is 17.5. The highest BCUT2D eigenvalue weighted by Gasteiger charge is 2.31. The zero-order valence-corrected chi connectivity index (χ0v) is 21.9. The van der Waals surface area contributed by atoms with Gasteiger partial charge in [0.25, 0.3) is 0 Å². The predicted octanol–water partition coefficient (Wildman–Crippen LogP) is 2.62. The number of Topliss-reactive ketones (excluding diaryl/α,β-unsaturated/α-hetero) is 1. The number of carbonyl (C=O) groups excluding carboxylic acids is 2. The van der Waals surface area contributed by atoms with Gasteiger partial charge in [-0.3, -0.25) is 19.6 Å². The fourth-order valence-electron chi connectivity index (χ4n) is 3.37. The Kier molecular flexibility index (Phi) is 11.4. The van der Waals surface area contributed by atoms with Crippen molar-refractivity contribution in [1.29, 1.82) is 0 Å². The highest BCUT2D eigenvalue weighted by molar-refractivity contribution is 6.42. The van der Waals surface area contributed by atoms with Crippen LogP contribution in [0.25, 0.3) is 0 Å². The Morgan fingerprint density at radius 3 is 2.24 bits per heavy atom. The summed E-state index contributed by atoms with van der Waals surface area (Å²) in [5, 5.41) is 11.3. The number of ether oxygens (including phenoxy) is 2. The normalized spacial score (nSPS) is 11.4. The van der Waals surface area contributed by atoms with E-state index < -0.39 is 30.1 Å². The van der Waals surface area contributed by atoms with Crippen LogP contribution in [0.3, 0.4) is 0 Å². The second kappa shape index (κ2) is 14.3. The topological polar surface area (TPSA) is 170 Å². The Hall–Kier alpha value is -3.54. The summed E-state index contributed by atoms with van der Waals surface area (Å²) in [6.07, 6.45) is -0.314. The maximum Gasteiger partial charge on any atom is 0.328 e. The molecule has 0 aliphatic carbocycles. The molecular formula is C24H29Cl2N5O6. The smallest absolute Gasteiger partial charge is 0.328 e. The van der Waals surface area contributed by atoms with E-state index in [9.17, 15) is 19.5 Å². The number of aliphatic imine (C=N–C) groups is 1. The number of hydrazine groups is 1. The summed E-state index contributed by atoms with van der Waals surface area (Å²) >= 11 is 11.9. The van der Waals surface area contributed by atoms with Gasteiger partial charge in [-0.1, -0.05) is 23.2 Å². The number of halogens is 2. The van der Waals surface area contributed by atoms with E-state index in [0.717, 1.165) is 5.01 Å². The van der Waals surface area contributed by atoms with E-state index in [4.69, 9.17) is 44.1 Å². The molecule has 0 saturated carbocycles. The molecule has 0 saturated heterocycles. The van der Waals surface area contributed by atoms with Crippen molar-refractivity contribution in [1.82, 2.24) is 10.4 Å². The molecule has 0 spiro atoms. The van der Waals surface area contributed by atoms with Gasteiger partial charge >= 0.3 is 5.97 Å². The van der Waals surface area contributed by atoms with Gasteiger partial charge in [-0.15, -0.1) is 0 Å². The van der Waals surface area contributed by atoms with Crippen LogP contribution in [0.2, 0.25) is 10.0 Å². The molecule has 1 amide bonds. The number of guanidine groups is 1. The van der Waals surface area contributed by atoms with Crippen LogP contribution in [0.4, 0.5) is 0 Å². The van der Waals surface area contributed by atoms with Gasteiger partial charge < -0.3 is 26.0 Å². The molecule has 6 N–H and O–H groups in total. The molecule has 0 aliphatic rings. The Labute approximate surface area is 224 Å². The van der Waals surface area contributed by atoms with Crippen molar-refractivity contribution in [2.24, 2.45) is 16.5 Å². The fraction of sp³-hybridized carbons (Fsp3) is 0.333. The molecule has 2 rings (SSSR count). The number of aliphatic carboxylic acids is 1. The molecule has 0 unspecified atom stereocenters. The highest BCUT2D eigenvalue weighted by atomic mass is 35.5. The summed E-state index contributed by atoms with van der Waals surface area (Å²) in [7, 11) is 2.99. The largest absolute Gasteiger partial charge is 0.497 e. The quantitative estimate of drug-likeness (QED) is 0.0685. The second-order valence-electron chi connectivity index (χ2n) is 7.85. The minimum Gasteiger partial charge on any atom is -0.497 e. The molecule has 200 valence electrons. The lowest BCUT2D eigenvalue weighted by Crippen LogP contribution is -2.53. The lowest BCUT2D eigenvalue weighted by atomic mass is 10.1. The number of carboxylic acid groups (broad SMARTS) is 1. The maximum atomic E-state index is 13.2. The first-order valence-electron chi connectivity index (χ1n) is 11.1. The molecule has 0 bridgehead atoms. The lowest BCUT2D eigenvalue weighted by molar-refractivity contribution is -0.153. The minimum absolute atomic E-state index is 0.0211. The summed E-state index contributed by atoms with van der Waals surface area (Å²) in [6, 6.07) is 8.00. The Balaban J connectivity index is 2.29. The number of carboxylic acids is 1. The van der Waals surface area contributed by atoms with Gasteiger partial charge in [0, 0.05) is 24.7 Å². The number of nitrogens with one attached hydrogen (secondary N) is 1. The van der Waals surface area contributed by atoms with Crippen LogP contribution in [0.15, 0.2) is 41.4 Å². The summed E-state index contributed by atoms with van der Waals surface area (Å²) in [6.45, 7) is 0.210. The highest BCUT2D eigenvalue weighted by Crippen LogP contribution is 2.24. The van der Waals surface area contributed by atoms with Crippen molar-refractivity contribution < 1.29 is 29.0 Å². The molecule has 2 aromatic rings. The number of benzene rings is 2. The molecule has 0 fully saturated rings. The summed E-state index contributed by atoms with van der Waals surface area (Å²) in [5.41, 5.74) is 14.3. The van der Waals surface area contributed by atoms with Gasteiger partial charge in [-0.25, -0.2) is 10.2 Å². The minimum atomic E-state index is -1.31. The number of methoxy groups -OCH3 is 2. The molecule has 0 radical (unpaired) electrons. The molecule has 0 aromatic heterocycles. The third-order valence-electron chi connectivity index (χ3n) is 5.21. The van der Waals surface area contributed by atoms with Crippen LogP contribution < -0.4 is 26.4 Å². The van der Waals surface area contributed by atoms with Gasteiger partial charge in [0.05, 0.1) is 30.7 Å². The predicted molar refractivity (Wildman–Crippen MR) is 140 cm³/mol. The van der Waals surface area contributed by atoms with Crippen LogP contribution in [0, 0.1) is 0 Å². The number of ketones is 1. The van der Waals surface area contributed by atoms with Crippen LogP contribution in [0.1, 0.15) is 35.2 Å². The third-order valence-corrected chi connectivity index (χ3v) is 5.95. The summed E-state index contributed by atoms with van der Waals surface area (Å²) in [5.74, 6) is -1.68. The number of hydrogen-bond donors (Lipinski definition) is 4. The van der Waals surface area contributed by atoms with Crippen molar-refractivity contribution in [2.45, 2.75) is 31.8 Å². The first kappa shape index (κ1) is 29.7. The zero-order valence-electron chi connectivity index (χ0n) is 20.4. The Bertz CT molecular complexity index is 1130. The number of amides is 1. The average Bonchev–Trinajstić information content (AvgIpc) is 2.86. The Morgan fingerprint density at radius 2 is 1.70 bits per heavy atom. The van der Waals surface area contributed by atoms with Gasteiger partial charge in [-0.2, -0.15) is 0 Å². The number of rotatable bonds is 14. The molecule has 37 heavy (non-hydrogen) atoms. The van der Waals surface area contributed by atoms with Crippen molar-refractivity contribution in [3.05, 3.63) is 57.6 Å². The third kappa shape index (κ3) is 9.12. The SMILES string of the molecule is COc1cc(CNN(C(=O)CC(=O)c2ccc(Cl)c(Cl)c2)[C@@H](CCCN=C(N)N)C(=O)O)cc(OC)c1. The van der Waals surface area contributed by atoms with Gasteiger partial charge in [-0.05, 0) is 48.7 Å². The van der Waals surface area contributed by atoms with Crippen molar-refractivity contribution in [3.8, 4) is 11.5 Å². The standard InChI is InChI=1S/C24H29Cl2N5O6/c1-36-16-8-14(9-17(11-16)37-2)13-30-31(20(23(34)35)4-3-7-29-24(27)28)22(33)12-21(32)15-5-6-18(25)19(26)10-15/h5-6,8-11,20,30H,3-4,7,12-13H2,1-2H3,(H,34,35)(H4,27,28,29)/t20-/m0/s1. The average molecular weight is 554 g/mol. The van der Waals surface area contributed by atoms with E-state index in [0.29, 0.717) is 17.1 Å². The number of nitrogens with two attached hydrogens (primary N) is 2. The second-order valence-corrected chi connectivity index (χ2v) is 8.67. The van der Waals surface area contributed by atoms with Crippen molar-refractivity contribution in [2.75, 3.05) is 20.8 Å². The fourth-order valence-corrected chi connectivity index (χ4v) is 3.67. The molecule has 11 nitrogen and oxygen atoms in total. The molecule has 2 aromatic carbocycles. The maximum absolute atomic E-state index is 13.2. The van der Waals surface area contributed by atoms with E-state index in [1.807, 2.05) is 0 Å². The van der Waals surface area contributed by atoms with E-state index in [2.05, 4.69) is 10.4 Å². The first-order valence-corrected chi connectivity index (χ1v) is 11.8. The van der Waals surface area contributed by atoms with Gasteiger partial charge in [0.15, 0.2) is 11.7 Å². The van der Waals surface area contributed by atoms with E-state index in [-0.39, 0.29) is 47.5 Å². The van der Waals surface area contributed by atoms with Crippen LogP contribution in [-0.2, 0) is 16.1 Å². The van der Waals surface area contributed by atoms with Crippen LogP contribution in [-0.4, -0.2) is 60.5 Å². The molecule has 0 heterocycles. The zero-order chi connectivity index (χ0) is 27.5. The number of carbonyl (C=O) groups is 3. The molecule has 0 aliphatic heterocycles. The van der Waals surface area contributed by atoms with E-state index in [1.54, 1.807) is 18.2 Å².